The molecule has 2 fully saturated rings. The summed E-state index contributed by atoms with van der Waals surface area (Å²) in [7, 11) is 4.14. The van der Waals surface area contributed by atoms with Crippen LogP contribution in [0.5, 0.6) is 0 Å². The molecule has 0 heterocycles. The summed E-state index contributed by atoms with van der Waals surface area (Å²) >= 11 is 0. The molecule has 0 amide bonds. The molecule has 2 saturated carbocycles. The number of ether oxygens (including phenoxy) is 5. The minimum Gasteiger partial charge on any atom is -0.462 e. The molecule has 2 atom stereocenters. The van der Waals surface area contributed by atoms with Crippen LogP contribution in [-0.2, 0) is 28.5 Å². The Labute approximate surface area is 418 Å². The fourth-order valence-electron chi connectivity index (χ4n) is 11.1. The highest BCUT2D eigenvalue weighted by atomic mass is 16.7. The van der Waals surface area contributed by atoms with Crippen LogP contribution in [0.1, 0.15) is 298 Å². The van der Waals surface area contributed by atoms with Crippen LogP contribution in [0.3, 0.4) is 0 Å². The molecule has 2 aliphatic carbocycles. The molecule has 398 valence electrons. The van der Waals surface area contributed by atoms with Crippen molar-refractivity contribution in [2.45, 2.75) is 316 Å². The number of nitrogens with zero attached hydrogens (tertiary/aromatic N) is 1. The Morgan fingerprint density at radius 3 is 1.22 bits per heavy atom. The maximum absolute atomic E-state index is 13.0. The predicted molar refractivity (Wildman–Crippen MR) is 286 cm³/mol. The lowest BCUT2D eigenvalue weighted by atomic mass is 9.91. The minimum absolute atomic E-state index is 0.0147. The van der Waals surface area contributed by atoms with Gasteiger partial charge in [-0.2, -0.15) is 0 Å². The Bertz CT molecular complexity index is 1070. The Hall–Kier alpha value is -0.730. The Morgan fingerprint density at radius 1 is 0.433 bits per heavy atom. The molecule has 0 N–H and O–H groups in total. The van der Waals surface area contributed by atoms with Crippen LogP contribution in [0.15, 0.2) is 0 Å². The van der Waals surface area contributed by atoms with Crippen molar-refractivity contribution in [2.24, 2.45) is 17.8 Å². The van der Waals surface area contributed by atoms with Crippen molar-refractivity contribution < 1.29 is 28.5 Å². The lowest BCUT2D eigenvalue weighted by Gasteiger charge is -2.37. The van der Waals surface area contributed by atoms with E-state index in [9.17, 15) is 4.79 Å². The van der Waals surface area contributed by atoms with Crippen LogP contribution in [0.4, 0.5) is 0 Å². The van der Waals surface area contributed by atoms with Crippen LogP contribution in [0.2, 0.25) is 0 Å². The van der Waals surface area contributed by atoms with Crippen molar-refractivity contribution in [3.8, 4) is 0 Å². The summed E-state index contributed by atoms with van der Waals surface area (Å²) in [5.74, 6) is 1.27. The zero-order valence-electron chi connectivity index (χ0n) is 46.2. The van der Waals surface area contributed by atoms with Crippen molar-refractivity contribution in [2.75, 3.05) is 47.1 Å². The highest BCUT2D eigenvalue weighted by Crippen LogP contribution is 2.36. The second-order valence-electron chi connectivity index (χ2n) is 22.3. The molecule has 2 rings (SSSR count). The average molecular weight is 949 g/mol. The van der Waals surface area contributed by atoms with E-state index >= 15 is 0 Å². The van der Waals surface area contributed by atoms with Gasteiger partial charge in [0.15, 0.2) is 11.6 Å². The molecule has 0 radical (unpaired) electrons. The molecule has 0 aromatic heterocycles. The highest BCUT2D eigenvalue weighted by Gasteiger charge is 2.35. The molecule has 0 bridgehead atoms. The maximum Gasteiger partial charge on any atom is 0.306 e. The number of esters is 1. The van der Waals surface area contributed by atoms with Crippen LogP contribution < -0.4 is 0 Å². The van der Waals surface area contributed by atoms with Gasteiger partial charge in [0.05, 0.1) is 26.4 Å². The third kappa shape index (κ3) is 32.1. The standard InChI is InChI=1S/C60H117NO6/c1-8-12-23-37-55(38-24-13-9-2)43-52-65-59(45-29-21-30-46-59)63-50-33-19-16-17-28-41-57(67-58(62)42-35-49-61(6)7)54(5)36-27-18-20-34-51-64-60(47-31-22-32-48-60)66-53-44-56(39-25-14-10-3)40-26-15-11-4/h54-57H,8-53H2,1-7H3. The normalized spacial score (nSPS) is 17.2. The minimum atomic E-state index is -0.348. The smallest absolute Gasteiger partial charge is 0.306 e. The number of hydrogen-bond donors (Lipinski definition) is 0. The summed E-state index contributed by atoms with van der Waals surface area (Å²) in [6, 6.07) is 0. The van der Waals surface area contributed by atoms with Gasteiger partial charge in [-0.25, -0.2) is 0 Å². The van der Waals surface area contributed by atoms with Gasteiger partial charge in [0, 0.05) is 32.1 Å². The summed E-state index contributed by atoms with van der Waals surface area (Å²) in [4.78, 5) is 15.2. The van der Waals surface area contributed by atoms with Crippen molar-refractivity contribution in [3.63, 3.8) is 0 Å². The van der Waals surface area contributed by atoms with Gasteiger partial charge in [-0.3, -0.25) is 4.79 Å². The van der Waals surface area contributed by atoms with Crippen LogP contribution in [0, 0.1) is 17.8 Å². The van der Waals surface area contributed by atoms with E-state index in [0.29, 0.717) is 12.3 Å². The van der Waals surface area contributed by atoms with Gasteiger partial charge in [-0.05, 0) is 115 Å². The van der Waals surface area contributed by atoms with E-state index in [1.165, 1.54) is 193 Å². The van der Waals surface area contributed by atoms with Gasteiger partial charge < -0.3 is 28.6 Å². The zero-order chi connectivity index (χ0) is 48.5. The summed E-state index contributed by atoms with van der Waals surface area (Å²) in [6.45, 7) is 15.8. The second kappa shape index (κ2) is 41.8. The van der Waals surface area contributed by atoms with Gasteiger partial charge in [0.25, 0.3) is 0 Å². The summed E-state index contributed by atoms with van der Waals surface area (Å²) in [5.41, 5.74) is 0. The molecular formula is C60H117NO6. The number of rotatable bonds is 47. The molecule has 0 aromatic rings. The van der Waals surface area contributed by atoms with Gasteiger partial charge in [-0.15, -0.1) is 0 Å². The average Bonchev–Trinajstić information content (AvgIpc) is 3.32. The van der Waals surface area contributed by atoms with Crippen molar-refractivity contribution in [3.05, 3.63) is 0 Å². The zero-order valence-corrected chi connectivity index (χ0v) is 46.2. The number of hydrogen-bond acceptors (Lipinski definition) is 7. The van der Waals surface area contributed by atoms with Gasteiger partial charge in [0.1, 0.15) is 6.10 Å². The quantitative estimate of drug-likeness (QED) is 0.0342. The van der Waals surface area contributed by atoms with E-state index in [1.807, 2.05) is 0 Å². The third-order valence-corrected chi connectivity index (χ3v) is 15.7. The molecule has 0 aromatic carbocycles. The maximum atomic E-state index is 13.0. The predicted octanol–water partition coefficient (Wildman–Crippen LogP) is 17.9. The Kier molecular flexibility index (Phi) is 39.0. The van der Waals surface area contributed by atoms with E-state index in [0.717, 1.165) is 109 Å². The van der Waals surface area contributed by atoms with E-state index in [-0.39, 0.29) is 23.6 Å². The molecular weight excluding hydrogens is 831 g/mol. The number of carbonyl (C=O) groups is 1. The van der Waals surface area contributed by atoms with E-state index in [2.05, 4.69) is 53.6 Å². The first-order valence-electron chi connectivity index (χ1n) is 30.1. The van der Waals surface area contributed by atoms with Gasteiger partial charge >= 0.3 is 5.97 Å². The summed E-state index contributed by atoms with van der Waals surface area (Å²) in [6.07, 6.45) is 49.6. The first-order chi connectivity index (χ1) is 32.7. The van der Waals surface area contributed by atoms with Gasteiger partial charge in [-0.1, -0.05) is 189 Å². The molecule has 2 unspecified atom stereocenters. The fraction of sp³-hybridized carbons (Fsp3) is 0.983. The SMILES string of the molecule is CCCCCC(CCCCC)CCOC1(OCCCCCCCC(OC(=O)CCCN(C)C)C(C)CCCCCCOC2(OCCC(CCCCC)CCCCC)CCCCC2)CCCCC1. The molecule has 2 aliphatic rings. The highest BCUT2D eigenvalue weighted by molar-refractivity contribution is 5.69. The van der Waals surface area contributed by atoms with Crippen LogP contribution in [0.25, 0.3) is 0 Å². The lowest BCUT2D eigenvalue weighted by Crippen LogP contribution is -2.39. The van der Waals surface area contributed by atoms with E-state index in [1.54, 1.807) is 0 Å². The van der Waals surface area contributed by atoms with E-state index < -0.39 is 0 Å². The second-order valence-corrected chi connectivity index (χ2v) is 22.3. The van der Waals surface area contributed by atoms with Crippen LogP contribution >= 0.6 is 0 Å². The molecule has 0 saturated heterocycles. The monoisotopic (exact) mass is 948 g/mol. The molecule has 67 heavy (non-hydrogen) atoms. The van der Waals surface area contributed by atoms with E-state index in [4.69, 9.17) is 23.7 Å². The number of carbonyl (C=O) groups excluding carboxylic acids is 1. The Balaban J connectivity index is 1.75. The topological polar surface area (TPSA) is 66.5 Å². The largest absolute Gasteiger partial charge is 0.462 e. The molecule has 0 spiro atoms. The van der Waals surface area contributed by atoms with Crippen LogP contribution in [-0.4, -0.2) is 75.6 Å². The Morgan fingerprint density at radius 2 is 0.806 bits per heavy atom. The van der Waals surface area contributed by atoms with Crippen molar-refractivity contribution in [1.29, 1.82) is 0 Å². The molecule has 7 nitrogen and oxygen atoms in total. The molecule has 0 aliphatic heterocycles. The first kappa shape index (κ1) is 62.4. The molecule has 7 heteroatoms. The fourth-order valence-corrected chi connectivity index (χ4v) is 11.1. The summed E-state index contributed by atoms with van der Waals surface area (Å²) < 4.78 is 33.0. The third-order valence-electron chi connectivity index (χ3n) is 15.7. The van der Waals surface area contributed by atoms with Gasteiger partial charge in [0.2, 0.25) is 0 Å². The first-order valence-corrected chi connectivity index (χ1v) is 30.1. The lowest BCUT2D eigenvalue weighted by molar-refractivity contribution is -0.254. The van der Waals surface area contributed by atoms with Crippen molar-refractivity contribution >= 4 is 5.97 Å². The summed E-state index contributed by atoms with van der Waals surface area (Å²) in [5, 5.41) is 0. The van der Waals surface area contributed by atoms with Crippen molar-refractivity contribution in [1.82, 2.24) is 4.90 Å². The number of unbranched alkanes of at least 4 members (excludes halogenated alkanes) is 15.